The van der Waals surface area contributed by atoms with Gasteiger partial charge in [-0.25, -0.2) is 13.8 Å². The van der Waals surface area contributed by atoms with Crippen LogP contribution in [0.1, 0.15) is 38.6 Å². The molecule has 1 fully saturated rings. The van der Waals surface area contributed by atoms with Gasteiger partial charge in [0.25, 0.3) is 5.92 Å². The average Bonchev–Trinajstić information content (AvgIpc) is 3.04. The fourth-order valence-corrected chi connectivity index (χ4v) is 2.90. The highest BCUT2D eigenvalue weighted by Crippen LogP contribution is 2.56. The number of halogens is 2. The Hall–Kier alpha value is -2.43. The monoisotopic (exact) mass is 335 g/mol. The van der Waals surface area contributed by atoms with Crippen molar-refractivity contribution in [1.29, 1.82) is 5.26 Å². The Morgan fingerprint density at radius 2 is 2.33 bits per heavy atom. The van der Waals surface area contributed by atoms with Crippen LogP contribution in [-0.2, 0) is 0 Å². The number of nitriles is 1. The first-order chi connectivity index (χ1) is 11.5. The Bertz CT molecular complexity index is 783. The summed E-state index contributed by atoms with van der Waals surface area (Å²) >= 11 is 0. The summed E-state index contributed by atoms with van der Waals surface area (Å²) in [5.41, 5.74) is 6.55. The number of nitrogens with two attached hydrogens (primary N) is 1. The second-order valence-electron chi connectivity index (χ2n) is 6.04. The van der Waals surface area contributed by atoms with E-state index in [0.717, 1.165) is 12.8 Å². The zero-order chi connectivity index (χ0) is 17.3. The lowest BCUT2D eigenvalue weighted by Gasteiger charge is -2.15. The molecule has 2 atom stereocenters. The number of hydrogen-bond donors (Lipinski definition) is 1. The van der Waals surface area contributed by atoms with Crippen molar-refractivity contribution in [1.82, 2.24) is 14.8 Å². The zero-order valence-electron chi connectivity index (χ0n) is 13.4. The number of hydrogen-bond acceptors (Lipinski definition) is 5. The predicted molar refractivity (Wildman–Crippen MR) is 84.7 cm³/mol. The van der Waals surface area contributed by atoms with E-state index in [1.807, 2.05) is 13.0 Å². The van der Waals surface area contributed by atoms with Gasteiger partial charge in [-0.15, -0.1) is 0 Å². The van der Waals surface area contributed by atoms with Gasteiger partial charge in [-0.2, -0.15) is 10.4 Å². The molecule has 2 unspecified atom stereocenters. The molecule has 2 aromatic heterocycles. The summed E-state index contributed by atoms with van der Waals surface area (Å²) in [5.74, 6) is -3.11. The first-order valence-corrected chi connectivity index (χ1v) is 7.99. The van der Waals surface area contributed by atoms with Crippen LogP contribution in [0.15, 0.2) is 12.3 Å². The van der Waals surface area contributed by atoms with Gasteiger partial charge in [0.1, 0.15) is 5.39 Å². The summed E-state index contributed by atoms with van der Waals surface area (Å²) in [5, 5.41) is 13.7. The van der Waals surface area contributed by atoms with Crippen LogP contribution in [0.5, 0.6) is 5.88 Å². The van der Waals surface area contributed by atoms with E-state index >= 15 is 0 Å². The lowest BCUT2D eigenvalue weighted by atomic mass is 10.1. The topological polar surface area (TPSA) is 89.8 Å². The van der Waals surface area contributed by atoms with Crippen LogP contribution in [0.4, 0.5) is 14.6 Å². The molecule has 8 heteroatoms. The molecule has 0 spiro atoms. The molecule has 1 aliphatic rings. The molecule has 2 N–H and O–H groups in total. The van der Waals surface area contributed by atoms with Crippen LogP contribution in [0.3, 0.4) is 0 Å². The Labute approximate surface area is 138 Å². The normalized spacial score (nSPS) is 19.8. The standard InChI is InChI=1S/C16H19F2N5O/c1-2-3-8-24-15-13-12(5-7-21-15)23(22-14(13)20)11(4-6-19)10-9-16(10,17)18/h5,7,10-11H,2-4,8-9H2,1H3,(H2,20,22). The number of aromatic nitrogens is 3. The Balaban J connectivity index is 2.00. The minimum atomic E-state index is -2.75. The first-order valence-electron chi connectivity index (χ1n) is 7.99. The van der Waals surface area contributed by atoms with Crippen LogP contribution >= 0.6 is 0 Å². The summed E-state index contributed by atoms with van der Waals surface area (Å²) < 4.78 is 34.1. The quantitative estimate of drug-likeness (QED) is 0.784. The van der Waals surface area contributed by atoms with Crippen LogP contribution in [0, 0.1) is 17.2 Å². The number of rotatable bonds is 7. The van der Waals surface area contributed by atoms with Crippen LogP contribution in [0.25, 0.3) is 10.9 Å². The van der Waals surface area contributed by atoms with Crippen molar-refractivity contribution < 1.29 is 13.5 Å². The highest BCUT2D eigenvalue weighted by Gasteiger charge is 2.61. The molecule has 0 aliphatic heterocycles. The molecule has 0 bridgehead atoms. The minimum Gasteiger partial charge on any atom is -0.477 e. The first kappa shape index (κ1) is 16.4. The van der Waals surface area contributed by atoms with Gasteiger partial charge in [0, 0.05) is 12.6 Å². The predicted octanol–water partition coefficient (Wildman–Crippen LogP) is 3.30. The molecule has 3 rings (SSSR count). The van der Waals surface area contributed by atoms with Gasteiger partial charge in [0.2, 0.25) is 5.88 Å². The van der Waals surface area contributed by atoms with E-state index in [0.29, 0.717) is 23.4 Å². The van der Waals surface area contributed by atoms with Crippen molar-refractivity contribution >= 4 is 16.7 Å². The van der Waals surface area contributed by atoms with Gasteiger partial charge in [0.05, 0.1) is 36.6 Å². The zero-order valence-corrected chi connectivity index (χ0v) is 13.4. The minimum absolute atomic E-state index is 0.0508. The smallest absolute Gasteiger partial charge is 0.253 e. The summed E-state index contributed by atoms with van der Waals surface area (Å²) in [6.45, 7) is 2.54. The van der Waals surface area contributed by atoms with E-state index in [2.05, 4.69) is 10.1 Å². The molecule has 6 nitrogen and oxygen atoms in total. The number of fused-ring (bicyclic) bond motifs is 1. The molecule has 2 aromatic rings. The largest absolute Gasteiger partial charge is 0.477 e. The molecule has 0 radical (unpaired) electrons. The summed E-state index contributed by atoms with van der Waals surface area (Å²) in [7, 11) is 0. The number of ether oxygens (including phenoxy) is 1. The number of nitrogen functional groups attached to an aromatic ring is 1. The van der Waals surface area contributed by atoms with E-state index < -0.39 is 17.9 Å². The third-order valence-corrected chi connectivity index (χ3v) is 4.30. The van der Waals surface area contributed by atoms with Crippen LogP contribution in [-0.4, -0.2) is 27.3 Å². The number of unbranched alkanes of at least 4 members (excludes halogenated alkanes) is 1. The SMILES string of the molecule is CCCCOc1nccc2c1c(N)nn2C(CC#N)C1CC1(F)F. The third-order valence-electron chi connectivity index (χ3n) is 4.30. The number of pyridine rings is 1. The molecule has 128 valence electrons. The van der Waals surface area contributed by atoms with E-state index in [1.54, 1.807) is 6.07 Å². The summed E-state index contributed by atoms with van der Waals surface area (Å²) in [6.07, 6.45) is 3.11. The van der Waals surface area contributed by atoms with Crippen molar-refractivity contribution in [2.24, 2.45) is 5.92 Å². The lowest BCUT2D eigenvalue weighted by Crippen LogP contribution is -2.16. The van der Waals surface area contributed by atoms with Gasteiger partial charge in [-0.3, -0.25) is 4.68 Å². The molecule has 2 heterocycles. The maximum absolute atomic E-state index is 13.5. The van der Waals surface area contributed by atoms with Crippen LogP contribution in [0.2, 0.25) is 0 Å². The number of anilines is 1. The van der Waals surface area contributed by atoms with Crippen molar-refractivity contribution in [2.45, 2.75) is 44.6 Å². The molecule has 24 heavy (non-hydrogen) atoms. The molecule has 0 aromatic carbocycles. The third kappa shape index (κ3) is 2.86. The molecule has 1 aliphatic carbocycles. The summed E-state index contributed by atoms with van der Waals surface area (Å²) in [6, 6.07) is 2.92. The van der Waals surface area contributed by atoms with E-state index in [1.165, 1.54) is 10.9 Å². The van der Waals surface area contributed by atoms with Gasteiger partial charge >= 0.3 is 0 Å². The molecule has 1 saturated carbocycles. The lowest BCUT2D eigenvalue weighted by molar-refractivity contribution is 0.0853. The van der Waals surface area contributed by atoms with Crippen molar-refractivity contribution in [3.05, 3.63) is 12.3 Å². The molecule has 0 amide bonds. The average molecular weight is 335 g/mol. The maximum atomic E-state index is 13.5. The van der Waals surface area contributed by atoms with Gasteiger partial charge in [-0.05, 0) is 12.5 Å². The molecule has 0 saturated heterocycles. The van der Waals surface area contributed by atoms with Crippen molar-refractivity contribution in [2.75, 3.05) is 12.3 Å². The van der Waals surface area contributed by atoms with Gasteiger partial charge < -0.3 is 10.5 Å². The fraction of sp³-hybridized carbons (Fsp3) is 0.562. The number of alkyl halides is 2. The fourth-order valence-electron chi connectivity index (χ4n) is 2.90. The highest BCUT2D eigenvalue weighted by atomic mass is 19.3. The second-order valence-corrected chi connectivity index (χ2v) is 6.04. The van der Waals surface area contributed by atoms with E-state index in [4.69, 9.17) is 15.7 Å². The van der Waals surface area contributed by atoms with E-state index in [-0.39, 0.29) is 18.7 Å². The summed E-state index contributed by atoms with van der Waals surface area (Å²) in [4.78, 5) is 4.18. The molecular weight excluding hydrogens is 316 g/mol. The Morgan fingerprint density at radius 3 is 2.96 bits per heavy atom. The van der Waals surface area contributed by atoms with Crippen molar-refractivity contribution in [3.63, 3.8) is 0 Å². The van der Waals surface area contributed by atoms with E-state index in [9.17, 15) is 8.78 Å². The maximum Gasteiger partial charge on any atom is 0.253 e. The molecular formula is C16H19F2N5O. The van der Waals surface area contributed by atoms with Gasteiger partial charge in [-0.1, -0.05) is 13.3 Å². The second kappa shape index (κ2) is 6.23. The van der Waals surface area contributed by atoms with Crippen LogP contribution < -0.4 is 10.5 Å². The van der Waals surface area contributed by atoms with Gasteiger partial charge in [0.15, 0.2) is 5.82 Å². The number of nitrogens with zero attached hydrogens (tertiary/aromatic N) is 4. The highest BCUT2D eigenvalue weighted by molar-refractivity contribution is 5.93. The Kier molecular flexibility index (Phi) is 4.26. The Morgan fingerprint density at radius 1 is 1.58 bits per heavy atom. The van der Waals surface area contributed by atoms with Crippen molar-refractivity contribution in [3.8, 4) is 11.9 Å².